The van der Waals surface area contributed by atoms with Crippen molar-refractivity contribution < 1.29 is 13.2 Å². The zero-order valence-corrected chi connectivity index (χ0v) is 17.1. The van der Waals surface area contributed by atoms with E-state index < -0.39 is 9.84 Å². The molecule has 4 rings (SSSR count). The van der Waals surface area contributed by atoms with Crippen LogP contribution in [-0.2, 0) is 27.5 Å². The summed E-state index contributed by atoms with van der Waals surface area (Å²) in [5.41, 5.74) is 4.30. The van der Waals surface area contributed by atoms with E-state index >= 15 is 0 Å². The Kier molecular flexibility index (Phi) is 5.03. The summed E-state index contributed by atoms with van der Waals surface area (Å²) in [5, 5.41) is 3.29. The van der Waals surface area contributed by atoms with Crippen molar-refractivity contribution in [2.45, 2.75) is 31.1 Å². The van der Waals surface area contributed by atoms with Crippen molar-refractivity contribution in [3.63, 3.8) is 0 Å². The second kappa shape index (κ2) is 7.48. The van der Waals surface area contributed by atoms with E-state index in [9.17, 15) is 13.2 Å². The normalized spacial score (nSPS) is 12.9. The molecule has 3 aromatic rings. The lowest BCUT2D eigenvalue weighted by molar-refractivity contribution is -0.115. The van der Waals surface area contributed by atoms with Gasteiger partial charge in [-0.2, -0.15) is 0 Å². The lowest BCUT2D eigenvalue weighted by Crippen LogP contribution is -2.17. The lowest BCUT2D eigenvalue weighted by atomic mass is 9.94. The largest absolute Gasteiger partial charge is 0.302 e. The zero-order chi connectivity index (χ0) is 19.7. The number of anilines is 1. The molecule has 0 unspecified atom stereocenters. The third-order valence-corrected chi connectivity index (χ3v) is 7.58. The van der Waals surface area contributed by atoms with E-state index in [-0.39, 0.29) is 23.0 Å². The maximum absolute atomic E-state index is 12.4. The van der Waals surface area contributed by atoms with Crippen LogP contribution in [0.4, 0.5) is 5.13 Å². The molecule has 0 saturated heterocycles. The number of nitrogens with one attached hydrogen (secondary N) is 1. The van der Waals surface area contributed by atoms with Crippen LogP contribution < -0.4 is 5.32 Å². The van der Waals surface area contributed by atoms with Crippen molar-refractivity contribution in [3.8, 4) is 11.3 Å². The van der Waals surface area contributed by atoms with Gasteiger partial charge in [0.1, 0.15) is 0 Å². The van der Waals surface area contributed by atoms with Crippen LogP contribution in [0.15, 0.2) is 53.4 Å². The number of nitrogens with zero attached hydrogens (tertiary/aromatic N) is 1. The van der Waals surface area contributed by atoms with Gasteiger partial charge in [0.15, 0.2) is 15.0 Å². The van der Waals surface area contributed by atoms with Gasteiger partial charge in [-0.15, -0.1) is 11.3 Å². The van der Waals surface area contributed by atoms with Crippen LogP contribution in [0.5, 0.6) is 0 Å². The van der Waals surface area contributed by atoms with Gasteiger partial charge in [0, 0.05) is 16.9 Å². The molecule has 1 heterocycles. The highest BCUT2D eigenvalue weighted by Crippen LogP contribution is 2.37. The Hall–Kier alpha value is -2.51. The molecule has 2 aromatic carbocycles. The molecule has 7 heteroatoms. The van der Waals surface area contributed by atoms with E-state index in [1.165, 1.54) is 16.9 Å². The maximum Gasteiger partial charge on any atom is 0.227 e. The van der Waals surface area contributed by atoms with E-state index in [0.717, 1.165) is 34.5 Å². The molecular formula is C21H20N2O3S2. The molecule has 1 amide bonds. The third-order valence-electron chi connectivity index (χ3n) is 4.82. The van der Waals surface area contributed by atoms with Crippen LogP contribution in [0.1, 0.15) is 22.4 Å². The van der Waals surface area contributed by atoms with Crippen LogP contribution in [0, 0.1) is 6.92 Å². The zero-order valence-electron chi connectivity index (χ0n) is 15.4. The summed E-state index contributed by atoms with van der Waals surface area (Å²) in [6.07, 6.45) is 1.77. The van der Waals surface area contributed by atoms with E-state index in [1.54, 1.807) is 24.3 Å². The Morgan fingerprint density at radius 2 is 1.86 bits per heavy atom. The van der Waals surface area contributed by atoms with Gasteiger partial charge in [0.25, 0.3) is 0 Å². The Morgan fingerprint density at radius 3 is 2.64 bits per heavy atom. The first-order chi connectivity index (χ1) is 13.4. The highest BCUT2D eigenvalue weighted by molar-refractivity contribution is 7.91. The highest BCUT2D eigenvalue weighted by atomic mass is 32.2. The van der Waals surface area contributed by atoms with Gasteiger partial charge in [-0.1, -0.05) is 42.0 Å². The fourth-order valence-electron chi connectivity index (χ4n) is 3.27. The number of hydrogen-bond donors (Lipinski definition) is 1. The number of benzene rings is 2. The number of carbonyl (C=O) groups excluding carboxylic acids is 1. The van der Waals surface area contributed by atoms with Crippen LogP contribution in [0.25, 0.3) is 11.3 Å². The van der Waals surface area contributed by atoms with Crippen LogP contribution in [0.2, 0.25) is 0 Å². The predicted octanol–water partition coefficient (Wildman–Crippen LogP) is 4.02. The van der Waals surface area contributed by atoms with Gasteiger partial charge >= 0.3 is 0 Å². The molecule has 5 nitrogen and oxygen atoms in total. The van der Waals surface area contributed by atoms with Crippen LogP contribution in [0.3, 0.4) is 0 Å². The maximum atomic E-state index is 12.4. The molecule has 0 bridgehead atoms. The molecule has 0 saturated carbocycles. The molecule has 0 aliphatic heterocycles. The summed E-state index contributed by atoms with van der Waals surface area (Å²) in [5.74, 6) is -0.564. The van der Waals surface area contributed by atoms with E-state index in [1.807, 2.05) is 25.1 Å². The van der Waals surface area contributed by atoms with Gasteiger partial charge in [0.05, 0.1) is 16.3 Å². The summed E-state index contributed by atoms with van der Waals surface area (Å²) in [6.45, 7) is 1.90. The monoisotopic (exact) mass is 412 g/mol. The first-order valence-corrected chi connectivity index (χ1v) is 11.6. The number of amides is 1. The summed E-state index contributed by atoms with van der Waals surface area (Å²) >= 11 is 1.47. The Bertz CT molecular complexity index is 1130. The van der Waals surface area contributed by atoms with Crippen LogP contribution in [-0.4, -0.2) is 25.1 Å². The average Bonchev–Trinajstić information content (AvgIpc) is 3.10. The van der Waals surface area contributed by atoms with E-state index in [0.29, 0.717) is 5.13 Å². The van der Waals surface area contributed by atoms with Crippen molar-refractivity contribution >= 4 is 32.2 Å². The smallest absolute Gasteiger partial charge is 0.227 e. The summed E-state index contributed by atoms with van der Waals surface area (Å²) in [4.78, 5) is 18.3. The number of sulfone groups is 1. The highest BCUT2D eigenvalue weighted by Gasteiger charge is 2.22. The number of aromatic nitrogens is 1. The molecule has 0 radical (unpaired) electrons. The second-order valence-electron chi connectivity index (χ2n) is 6.88. The molecule has 0 spiro atoms. The van der Waals surface area contributed by atoms with Crippen molar-refractivity contribution in [1.29, 1.82) is 0 Å². The molecule has 0 atom stereocenters. The first-order valence-electron chi connectivity index (χ1n) is 9.10. The van der Waals surface area contributed by atoms with Crippen molar-refractivity contribution in [1.82, 2.24) is 4.98 Å². The predicted molar refractivity (Wildman–Crippen MR) is 111 cm³/mol. The van der Waals surface area contributed by atoms with Crippen molar-refractivity contribution in [2.75, 3.05) is 11.1 Å². The lowest BCUT2D eigenvalue weighted by Gasteiger charge is -2.13. The Morgan fingerprint density at radius 1 is 1.11 bits per heavy atom. The number of hydrogen-bond acceptors (Lipinski definition) is 5. The molecular weight excluding hydrogens is 392 g/mol. The van der Waals surface area contributed by atoms with Gasteiger partial charge in [-0.05, 0) is 37.5 Å². The SMILES string of the molecule is Cc1ccc(S(=O)(=O)CCC(=O)Nc2nc3c(s2)CCc2ccccc2-3)cc1. The van der Waals surface area contributed by atoms with Crippen molar-refractivity contribution in [2.24, 2.45) is 0 Å². The van der Waals surface area contributed by atoms with Gasteiger partial charge in [-0.3, -0.25) is 4.79 Å². The molecule has 1 aliphatic rings. The van der Waals surface area contributed by atoms with Crippen molar-refractivity contribution in [3.05, 3.63) is 64.5 Å². The minimum absolute atomic E-state index is 0.100. The number of thiazole rings is 1. The first kappa shape index (κ1) is 18.8. The summed E-state index contributed by atoms with van der Waals surface area (Å²) < 4.78 is 24.8. The second-order valence-corrected chi connectivity index (χ2v) is 10.1. The molecule has 1 N–H and O–H groups in total. The fraction of sp³-hybridized carbons (Fsp3) is 0.238. The summed E-state index contributed by atoms with van der Waals surface area (Å²) in [7, 11) is -3.48. The van der Waals surface area contributed by atoms with Gasteiger partial charge < -0.3 is 5.32 Å². The number of carbonyl (C=O) groups is 1. The number of rotatable bonds is 5. The van der Waals surface area contributed by atoms with Gasteiger partial charge in [0.2, 0.25) is 5.91 Å². The molecule has 0 fully saturated rings. The molecule has 1 aliphatic carbocycles. The standard InChI is InChI=1S/C21H20N2O3S2/c1-14-6-9-16(10-7-14)28(25,26)13-12-19(24)22-21-23-20-17-5-3-2-4-15(17)8-11-18(20)27-21/h2-7,9-10H,8,11-13H2,1H3,(H,22,23,24). The Balaban J connectivity index is 1.43. The minimum Gasteiger partial charge on any atom is -0.302 e. The average molecular weight is 413 g/mol. The number of fused-ring (bicyclic) bond motifs is 3. The molecule has 28 heavy (non-hydrogen) atoms. The number of aryl methyl sites for hydroxylation is 3. The Labute approximate surface area is 168 Å². The van der Waals surface area contributed by atoms with E-state index in [2.05, 4.69) is 16.4 Å². The van der Waals surface area contributed by atoms with Gasteiger partial charge in [-0.25, -0.2) is 13.4 Å². The quantitative estimate of drug-likeness (QED) is 0.687. The summed E-state index contributed by atoms with van der Waals surface area (Å²) in [6, 6.07) is 14.8. The molecule has 144 valence electrons. The topological polar surface area (TPSA) is 76.1 Å². The third kappa shape index (κ3) is 3.86. The fourth-order valence-corrected chi connectivity index (χ4v) is 5.51. The van der Waals surface area contributed by atoms with E-state index in [4.69, 9.17) is 0 Å². The molecule has 1 aromatic heterocycles. The van der Waals surface area contributed by atoms with Crippen LogP contribution >= 0.6 is 11.3 Å². The minimum atomic E-state index is -3.48.